The van der Waals surface area contributed by atoms with Gasteiger partial charge in [-0.15, -0.1) is 0 Å². The standard InChI is InChI=1S/C28H34N2O5/c1-18-15-30(17-28(18,4)25(32)33)24(31)13-14-27(2,3)29-26(34)35-16-23-21-11-7-5-9-19(21)20-10-6-8-12-22(20)23/h5-12,18,23H,13-17H2,1-4H3,(H,29,34)(H,32,33)/t18-,28-/m1/s1. The average Bonchev–Trinajstić information content (AvgIpc) is 3.31. The van der Waals surface area contributed by atoms with Crippen molar-refractivity contribution >= 4 is 18.0 Å². The number of hydrogen-bond donors (Lipinski definition) is 2. The second kappa shape index (κ2) is 9.36. The van der Waals surface area contributed by atoms with Crippen LogP contribution in [0.4, 0.5) is 4.79 Å². The fraction of sp³-hybridized carbons (Fsp3) is 0.464. The highest BCUT2D eigenvalue weighted by Gasteiger charge is 2.47. The summed E-state index contributed by atoms with van der Waals surface area (Å²) in [6, 6.07) is 16.4. The van der Waals surface area contributed by atoms with Crippen LogP contribution in [0, 0.1) is 11.3 Å². The van der Waals surface area contributed by atoms with E-state index >= 15 is 0 Å². The monoisotopic (exact) mass is 478 g/mol. The molecule has 1 heterocycles. The van der Waals surface area contributed by atoms with Gasteiger partial charge in [-0.3, -0.25) is 9.59 Å². The number of carboxylic acid groups (broad SMARTS) is 1. The summed E-state index contributed by atoms with van der Waals surface area (Å²) < 4.78 is 5.64. The molecule has 35 heavy (non-hydrogen) atoms. The van der Waals surface area contributed by atoms with Gasteiger partial charge in [-0.05, 0) is 55.4 Å². The number of aliphatic carboxylic acids is 1. The van der Waals surface area contributed by atoms with E-state index in [1.165, 1.54) is 11.1 Å². The van der Waals surface area contributed by atoms with Gasteiger partial charge in [0.05, 0.1) is 5.41 Å². The van der Waals surface area contributed by atoms with Crippen LogP contribution in [0.5, 0.6) is 0 Å². The Bertz CT molecular complexity index is 1100. The zero-order valence-corrected chi connectivity index (χ0v) is 20.8. The van der Waals surface area contributed by atoms with E-state index in [2.05, 4.69) is 29.6 Å². The highest BCUT2D eigenvalue weighted by Crippen LogP contribution is 2.44. The number of amides is 2. The van der Waals surface area contributed by atoms with Gasteiger partial charge < -0.3 is 20.1 Å². The maximum absolute atomic E-state index is 12.8. The third-order valence-electron chi connectivity index (χ3n) is 7.69. The van der Waals surface area contributed by atoms with E-state index in [4.69, 9.17) is 4.74 Å². The summed E-state index contributed by atoms with van der Waals surface area (Å²) in [5.74, 6) is -1.10. The number of ether oxygens (including phenoxy) is 1. The molecule has 2 aromatic rings. The Kier molecular flexibility index (Phi) is 6.62. The zero-order chi connectivity index (χ0) is 25.4. The molecule has 2 atom stereocenters. The Balaban J connectivity index is 1.30. The van der Waals surface area contributed by atoms with E-state index in [9.17, 15) is 19.5 Å². The van der Waals surface area contributed by atoms with Crippen LogP contribution < -0.4 is 5.32 Å². The highest BCUT2D eigenvalue weighted by molar-refractivity contribution is 5.81. The minimum absolute atomic E-state index is 0.0152. The minimum Gasteiger partial charge on any atom is -0.481 e. The average molecular weight is 479 g/mol. The van der Waals surface area contributed by atoms with Crippen LogP contribution in [0.1, 0.15) is 57.6 Å². The maximum Gasteiger partial charge on any atom is 0.407 e. The van der Waals surface area contributed by atoms with Gasteiger partial charge in [-0.2, -0.15) is 0 Å². The summed E-state index contributed by atoms with van der Waals surface area (Å²) >= 11 is 0. The lowest BCUT2D eigenvalue weighted by atomic mass is 9.81. The van der Waals surface area contributed by atoms with Crippen LogP contribution in [0.15, 0.2) is 48.5 Å². The molecule has 2 aromatic carbocycles. The number of carbonyl (C=O) groups is 3. The normalized spacial score (nSPS) is 21.4. The predicted molar refractivity (Wildman–Crippen MR) is 133 cm³/mol. The Hall–Kier alpha value is -3.35. The highest BCUT2D eigenvalue weighted by atomic mass is 16.5. The number of carboxylic acids is 1. The van der Waals surface area contributed by atoms with Crippen molar-refractivity contribution in [2.75, 3.05) is 19.7 Å². The van der Waals surface area contributed by atoms with Gasteiger partial charge in [0, 0.05) is 31.0 Å². The minimum atomic E-state index is -0.926. The number of rotatable bonds is 7. The van der Waals surface area contributed by atoms with Crippen molar-refractivity contribution < 1.29 is 24.2 Å². The van der Waals surface area contributed by atoms with Crippen molar-refractivity contribution in [3.05, 3.63) is 59.7 Å². The molecule has 4 rings (SSSR count). The molecule has 0 saturated carbocycles. The largest absolute Gasteiger partial charge is 0.481 e. The molecule has 0 unspecified atom stereocenters. The van der Waals surface area contributed by atoms with E-state index in [-0.39, 0.29) is 37.3 Å². The van der Waals surface area contributed by atoms with Crippen LogP contribution in [0.3, 0.4) is 0 Å². The number of nitrogens with zero attached hydrogens (tertiary/aromatic N) is 1. The van der Waals surface area contributed by atoms with Crippen molar-refractivity contribution in [3.8, 4) is 11.1 Å². The molecule has 0 aromatic heterocycles. The van der Waals surface area contributed by atoms with Gasteiger partial charge in [0.1, 0.15) is 6.61 Å². The predicted octanol–water partition coefficient (Wildman–Crippen LogP) is 4.65. The van der Waals surface area contributed by atoms with Gasteiger partial charge in [-0.25, -0.2) is 4.79 Å². The third kappa shape index (κ3) is 4.90. The molecule has 1 saturated heterocycles. The topological polar surface area (TPSA) is 95.9 Å². The van der Waals surface area contributed by atoms with Crippen LogP contribution in [0.2, 0.25) is 0 Å². The van der Waals surface area contributed by atoms with Gasteiger partial charge >= 0.3 is 12.1 Å². The Labute approximate surface area is 206 Å². The lowest BCUT2D eigenvalue weighted by Crippen LogP contribution is -2.45. The summed E-state index contributed by atoms with van der Waals surface area (Å²) in [5, 5.41) is 12.4. The smallest absolute Gasteiger partial charge is 0.407 e. The molecule has 186 valence electrons. The SMILES string of the molecule is C[C@@H]1CN(C(=O)CCC(C)(C)NC(=O)OCC2c3ccccc3-c3ccccc32)C[C@@]1(C)C(=O)O. The molecule has 2 N–H and O–H groups in total. The molecular weight excluding hydrogens is 444 g/mol. The van der Waals surface area contributed by atoms with Gasteiger partial charge in [0.2, 0.25) is 5.91 Å². The number of nitrogens with one attached hydrogen (secondary N) is 1. The fourth-order valence-corrected chi connectivity index (χ4v) is 5.17. The number of likely N-dealkylation sites (tertiary alicyclic amines) is 1. The van der Waals surface area contributed by atoms with Crippen LogP contribution >= 0.6 is 0 Å². The van der Waals surface area contributed by atoms with Crippen LogP contribution in [0.25, 0.3) is 11.1 Å². The number of fused-ring (bicyclic) bond motifs is 3. The fourth-order valence-electron chi connectivity index (χ4n) is 5.17. The first-order valence-corrected chi connectivity index (χ1v) is 12.2. The van der Waals surface area contributed by atoms with Crippen LogP contribution in [-0.4, -0.2) is 53.2 Å². The number of benzene rings is 2. The summed E-state index contributed by atoms with van der Waals surface area (Å²) in [6.07, 6.45) is 0.126. The molecule has 1 fully saturated rings. The number of hydrogen-bond acceptors (Lipinski definition) is 4. The Morgan fingerprint density at radius 1 is 1.09 bits per heavy atom. The molecule has 1 aliphatic heterocycles. The molecule has 0 radical (unpaired) electrons. The van der Waals surface area contributed by atoms with Crippen molar-refractivity contribution in [2.45, 2.75) is 52.0 Å². The number of carbonyl (C=O) groups excluding carboxylic acids is 2. The quantitative estimate of drug-likeness (QED) is 0.604. The lowest BCUT2D eigenvalue weighted by molar-refractivity contribution is -0.149. The van der Waals surface area contributed by atoms with Gasteiger partial charge in [-0.1, -0.05) is 55.5 Å². The van der Waals surface area contributed by atoms with E-state index < -0.39 is 23.0 Å². The first-order chi connectivity index (χ1) is 16.5. The lowest BCUT2D eigenvalue weighted by Gasteiger charge is -2.27. The Morgan fingerprint density at radius 3 is 2.20 bits per heavy atom. The first kappa shape index (κ1) is 24.8. The molecule has 2 amide bonds. The molecule has 1 aliphatic carbocycles. The van der Waals surface area contributed by atoms with Crippen LogP contribution in [-0.2, 0) is 14.3 Å². The van der Waals surface area contributed by atoms with Crippen molar-refractivity contribution in [3.63, 3.8) is 0 Å². The van der Waals surface area contributed by atoms with E-state index in [1.54, 1.807) is 11.8 Å². The molecule has 0 bridgehead atoms. The van der Waals surface area contributed by atoms with Gasteiger partial charge in [0.15, 0.2) is 0 Å². The van der Waals surface area contributed by atoms with Crippen molar-refractivity contribution in [2.24, 2.45) is 11.3 Å². The maximum atomic E-state index is 12.8. The van der Waals surface area contributed by atoms with Crippen molar-refractivity contribution in [1.82, 2.24) is 10.2 Å². The third-order valence-corrected chi connectivity index (χ3v) is 7.69. The molecular formula is C28H34N2O5. The van der Waals surface area contributed by atoms with Gasteiger partial charge in [0.25, 0.3) is 0 Å². The summed E-state index contributed by atoms with van der Waals surface area (Å²) in [7, 11) is 0. The molecule has 7 heteroatoms. The summed E-state index contributed by atoms with van der Waals surface area (Å²) in [4.78, 5) is 38.7. The molecule has 7 nitrogen and oxygen atoms in total. The van der Waals surface area contributed by atoms with E-state index in [1.807, 2.05) is 45.0 Å². The zero-order valence-electron chi connectivity index (χ0n) is 20.8. The number of alkyl carbamates (subject to hydrolysis) is 1. The molecule has 2 aliphatic rings. The second-order valence-corrected chi connectivity index (χ2v) is 10.7. The first-order valence-electron chi connectivity index (χ1n) is 12.2. The van der Waals surface area contributed by atoms with E-state index in [0.29, 0.717) is 13.0 Å². The van der Waals surface area contributed by atoms with Crippen molar-refractivity contribution in [1.29, 1.82) is 0 Å². The van der Waals surface area contributed by atoms with E-state index in [0.717, 1.165) is 11.1 Å². The Morgan fingerprint density at radius 2 is 1.66 bits per heavy atom. The summed E-state index contributed by atoms with van der Waals surface area (Å²) in [5.41, 5.74) is 3.07. The molecule has 0 spiro atoms. The summed E-state index contributed by atoms with van der Waals surface area (Å²) in [6.45, 7) is 8.14. The second-order valence-electron chi connectivity index (χ2n) is 10.7.